The SMILES string of the molecule is CC[C@H](C)[C@H](NC(=O)C(C)c1ccccc1)C(=O)O. The third-order valence-electron chi connectivity index (χ3n) is 3.47. The monoisotopic (exact) mass is 263 g/mol. The van der Waals surface area contributed by atoms with Gasteiger partial charge in [-0.15, -0.1) is 0 Å². The van der Waals surface area contributed by atoms with Crippen molar-refractivity contribution >= 4 is 11.9 Å². The standard InChI is InChI=1S/C15H21NO3/c1-4-10(2)13(15(18)19)16-14(17)11(3)12-8-6-5-7-9-12/h5-11,13H,4H2,1-3H3,(H,16,17)(H,18,19)/t10-,11?,13-/m0/s1. The maximum atomic E-state index is 12.1. The highest BCUT2D eigenvalue weighted by Crippen LogP contribution is 2.16. The molecule has 0 radical (unpaired) electrons. The molecule has 1 unspecified atom stereocenters. The van der Waals surface area contributed by atoms with E-state index in [1.807, 2.05) is 44.2 Å². The van der Waals surface area contributed by atoms with Gasteiger partial charge in [-0.25, -0.2) is 4.79 Å². The Morgan fingerprint density at radius 1 is 1.21 bits per heavy atom. The van der Waals surface area contributed by atoms with Gasteiger partial charge in [0.25, 0.3) is 0 Å². The van der Waals surface area contributed by atoms with Crippen molar-refractivity contribution in [1.82, 2.24) is 5.32 Å². The number of carboxylic acids is 1. The van der Waals surface area contributed by atoms with E-state index in [4.69, 9.17) is 5.11 Å². The highest BCUT2D eigenvalue weighted by Gasteiger charge is 2.27. The molecular formula is C15H21NO3. The predicted molar refractivity (Wildman–Crippen MR) is 73.9 cm³/mol. The molecule has 19 heavy (non-hydrogen) atoms. The zero-order chi connectivity index (χ0) is 14.4. The third-order valence-corrected chi connectivity index (χ3v) is 3.47. The molecule has 0 aliphatic heterocycles. The van der Waals surface area contributed by atoms with E-state index in [1.54, 1.807) is 6.92 Å². The van der Waals surface area contributed by atoms with Crippen LogP contribution >= 0.6 is 0 Å². The van der Waals surface area contributed by atoms with Gasteiger partial charge in [0.15, 0.2) is 0 Å². The van der Waals surface area contributed by atoms with Gasteiger partial charge in [-0.2, -0.15) is 0 Å². The molecule has 0 aliphatic rings. The Morgan fingerprint density at radius 3 is 2.26 bits per heavy atom. The van der Waals surface area contributed by atoms with Crippen LogP contribution in [0.25, 0.3) is 0 Å². The Bertz CT molecular complexity index is 430. The minimum absolute atomic E-state index is 0.0931. The molecule has 4 heteroatoms. The van der Waals surface area contributed by atoms with Crippen LogP contribution < -0.4 is 5.32 Å². The number of aliphatic carboxylic acids is 1. The summed E-state index contributed by atoms with van der Waals surface area (Å²) in [6.45, 7) is 5.51. The van der Waals surface area contributed by atoms with Crippen molar-refractivity contribution in [2.45, 2.75) is 39.2 Å². The zero-order valence-electron chi connectivity index (χ0n) is 11.6. The predicted octanol–water partition coefficient (Wildman–Crippen LogP) is 2.41. The van der Waals surface area contributed by atoms with Crippen molar-refractivity contribution in [3.8, 4) is 0 Å². The van der Waals surface area contributed by atoms with Crippen LogP contribution in [-0.2, 0) is 9.59 Å². The number of hydrogen-bond donors (Lipinski definition) is 2. The average Bonchev–Trinajstić information content (AvgIpc) is 2.43. The Labute approximate surface area is 113 Å². The molecule has 0 bridgehead atoms. The van der Waals surface area contributed by atoms with Gasteiger partial charge >= 0.3 is 5.97 Å². The van der Waals surface area contributed by atoms with E-state index in [0.717, 1.165) is 5.56 Å². The van der Waals surface area contributed by atoms with Gasteiger partial charge in [-0.1, -0.05) is 50.6 Å². The lowest BCUT2D eigenvalue weighted by molar-refractivity contribution is -0.143. The first kappa shape index (κ1) is 15.2. The summed E-state index contributed by atoms with van der Waals surface area (Å²) in [6, 6.07) is 8.51. The molecule has 2 N–H and O–H groups in total. The maximum Gasteiger partial charge on any atom is 0.326 e. The highest BCUT2D eigenvalue weighted by atomic mass is 16.4. The second kappa shape index (κ2) is 6.92. The molecule has 1 aromatic carbocycles. The second-order valence-electron chi connectivity index (χ2n) is 4.84. The number of rotatable bonds is 6. The molecule has 0 saturated heterocycles. The van der Waals surface area contributed by atoms with E-state index < -0.39 is 12.0 Å². The van der Waals surface area contributed by atoms with Crippen LogP contribution in [0.3, 0.4) is 0 Å². The molecule has 0 heterocycles. The van der Waals surface area contributed by atoms with Crippen LogP contribution in [0, 0.1) is 5.92 Å². The van der Waals surface area contributed by atoms with E-state index in [0.29, 0.717) is 6.42 Å². The molecular weight excluding hydrogens is 242 g/mol. The van der Waals surface area contributed by atoms with Crippen LogP contribution in [0.4, 0.5) is 0 Å². The number of nitrogens with one attached hydrogen (secondary N) is 1. The smallest absolute Gasteiger partial charge is 0.326 e. The first-order valence-corrected chi connectivity index (χ1v) is 6.55. The van der Waals surface area contributed by atoms with Gasteiger partial charge in [0.1, 0.15) is 6.04 Å². The molecule has 1 aromatic rings. The van der Waals surface area contributed by atoms with Crippen molar-refractivity contribution in [3.63, 3.8) is 0 Å². The first-order valence-electron chi connectivity index (χ1n) is 6.55. The highest BCUT2D eigenvalue weighted by molar-refractivity contribution is 5.87. The summed E-state index contributed by atoms with van der Waals surface area (Å²) in [6.07, 6.45) is 0.705. The molecule has 0 spiro atoms. The van der Waals surface area contributed by atoms with Gasteiger partial charge in [-0.3, -0.25) is 4.79 Å². The van der Waals surface area contributed by atoms with E-state index >= 15 is 0 Å². The maximum absolute atomic E-state index is 12.1. The van der Waals surface area contributed by atoms with Gasteiger partial charge in [0.05, 0.1) is 5.92 Å². The zero-order valence-corrected chi connectivity index (χ0v) is 11.6. The molecule has 0 aliphatic carbocycles. The van der Waals surface area contributed by atoms with Crippen molar-refractivity contribution in [1.29, 1.82) is 0 Å². The third kappa shape index (κ3) is 4.09. The summed E-state index contributed by atoms with van der Waals surface area (Å²) in [5, 5.41) is 11.8. The summed E-state index contributed by atoms with van der Waals surface area (Å²) < 4.78 is 0. The van der Waals surface area contributed by atoms with Crippen LogP contribution in [0.15, 0.2) is 30.3 Å². The molecule has 1 rings (SSSR count). The second-order valence-corrected chi connectivity index (χ2v) is 4.84. The van der Waals surface area contributed by atoms with Crippen LogP contribution in [0.5, 0.6) is 0 Å². The van der Waals surface area contributed by atoms with Crippen LogP contribution in [0.1, 0.15) is 38.7 Å². The molecule has 1 amide bonds. The van der Waals surface area contributed by atoms with Crippen molar-refractivity contribution in [2.24, 2.45) is 5.92 Å². The normalized spacial score (nSPS) is 15.3. The fraction of sp³-hybridized carbons (Fsp3) is 0.467. The topological polar surface area (TPSA) is 66.4 Å². The van der Waals surface area contributed by atoms with Gasteiger partial charge in [0.2, 0.25) is 5.91 Å². The van der Waals surface area contributed by atoms with E-state index in [9.17, 15) is 9.59 Å². The van der Waals surface area contributed by atoms with Gasteiger partial charge in [0, 0.05) is 0 Å². The lowest BCUT2D eigenvalue weighted by Crippen LogP contribution is -2.46. The minimum atomic E-state index is -0.983. The average molecular weight is 263 g/mol. The lowest BCUT2D eigenvalue weighted by Gasteiger charge is -2.22. The Morgan fingerprint density at radius 2 is 1.79 bits per heavy atom. The fourth-order valence-corrected chi connectivity index (χ4v) is 1.85. The summed E-state index contributed by atoms with van der Waals surface area (Å²) in [4.78, 5) is 23.3. The number of carboxylic acid groups (broad SMARTS) is 1. The van der Waals surface area contributed by atoms with Gasteiger partial charge < -0.3 is 10.4 Å². The fourth-order valence-electron chi connectivity index (χ4n) is 1.85. The summed E-state index contributed by atoms with van der Waals surface area (Å²) in [5.41, 5.74) is 0.883. The summed E-state index contributed by atoms with van der Waals surface area (Å²) in [7, 11) is 0. The van der Waals surface area contributed by atoms with Crippen molar-refractivity contribution < 1.29 is 14.7 Å². The molecule has 0 fully saturated rings. The number of carbonyl (C=O) groups is 2. The Balaban J connectivity index is 2.75. The number of carbonyl (C=O) groups excluding carboxylic acids is 1. The Kier molecular flexibility index (Phi) is 5.55. The number of amides is 1. The van der Waals surface area contributed by atoms with Crippen LogP contribution in [0.2, 0.25) is 0 Å². The molecule has 104 valence electrons. The van der Waals surface area contributed by atoms with Crippen LogP contribution in [-0.4, -0.2) is 23.0 Å². The minimum Gasteiger partial charge on any atom is -0.480 e. The number of benzene rings is 1. The quantitative estimate of drug-likeness (QED) is 0.828. The molecule has 0 aromatic heterocycles. The number of hydrogen-bond acceptors (Lipinski definition) is 2. The lowest BCUT2D eigenvalue weighted by atomic mass is 9.96. The van der Waals surface area contributed by atoms with E-state index in [2.05, 4.69) is 5.32 Å². The summed E-state index contributed by atoms with van der Waals surface area (Å²) >= 11 is 0. The van der Waals surface area contributed by atoms with Gasteiger partial charge in [-0.05, 0) is 18.4 Å². The molecule has 3 atom stereocenters. The molecule has 4 nitrogen and oxygen atoms in total. The molecule has 0 saturated carbocycles. The first-order chi connectivity index (χ1) is 8.97. The van der Waals surface area contributed by atoms with Crippen molar-refractivity contribution in [2.75, 3.05) is 0 Å². The van der Waals surface area contributed by atoms with E-state index in [1.165, 1.54) is 0 Å². The largest absolute Gasteiger partial charge is 0.480 e. The summed E-state index contributed by atoms with van der Waals surface area (Å²) in [5.74, 6) is -1.68. The van der Waals surface area contributed by atoms with E-state index in [-0.39, 0.29) is 17.7 Å². The Hall–Kier alpha value is -1.84. The van der Waals surface area contributed by atoms with Crippen molar-refractivity contribution in [3.05, 3.63) is 35.9 Å².